The Morgan fingerprint density at radius 1 is 1.28 bits per heavy atom. The Morgan fingerprint density at radius 3 is 2.66 bits per heavy atom. The van der Waals surface area contributed by atoms with Gasteiger partial charge in [-0.3, -0.25) is 4.79 Å². The molecule has 1 saturated heterocycles. The van der Waals surface area contributed by atoms with Crippen LogP contribution in [0.4, 0.5) is 0 Å². The molecule has 1 unspecified atom stereocenters. The molecule has 164 valence electrons. The number of aliphatic imine (C=N–C) groups is 1. The van der Waals surface area contributed by atoms with Crippen LogP contribution in [0.15, 0.2) is 29.3 Å². The number of amides is 1. The number of carbonyl (C=O) groups excluding carboxylic acids is 1. The van der Waals surface area contributed by atoms with Crippen molar-refractivity contribution in [1.29, 1.82) is 0 Å². The number of benzene rings is 1. The fourth-order valence-electron chi connectivity index (χ4n) is 2.63. The maximum atomic E-state index is 11.8. The number of carbonyl (C=O) groups is 1. The normalized spacial score (nSPS) is 16.1. The fourth-order valence-corrected chi connectivity index (χ4v) is 2.63. The fraction of sp³-hybridized carbons (Fsp3) is 0.600. The first-order valence-electron chi connectivity index (χ1n) is 9.63. The second-order valence-electron chi connectivity index (χ2n) is 6.80. The van der Waals surface area contributed by atoms with Crippen molar-refractivity contribution in [3.8, 4) is 5.75 Å². The van der Waals surface area contributed by atoms with Crippen molar-refractivity contribution < 1.29 is 19.0 Å². The van der Waals surface area contributed by atoms with Gasteiger partial charge in [0.2, 0.25) is 5.91 Å². The zero-order valence-corrected chi connectivity index (χ0v) is 19.8. The van der Waals surface area contributed by atoms with Gasteiger partial charge in [-0.2, -0.15) is 0 Å². The molecule has 29 heavy (non-hydrogen) atoms. The maximum Gasteiger partial charge on any atom is 0.243 e. The van der Waals surface area contributed by atoms with Gasteiger partial charge in [0.25, 0.3) is 0 Å². The van der Waals surface area contributed by atoms with Gasteiger partial charge >= 0.3 is 0 Å². The highest BCUT2D eigenvalue weighted by atomic mass is 127. The van der Waals surface area contributed by atoms with E-state index in [-0.39, 0.29) is 42.5 Å². The molecule has 0 radical (unpaired) electrons. The second-order valence-corrected chi connectivity index (χ2v) is 6.80. The number of likely N-dealkylation sites (N-methyl/N-ethyl adjacent to an activating group) is 1. The molecule has 1 amide bonds. The van der Waals surface area contributed by atoms with Crippen LogP contribution >= 0.6 is 24.0 Å². The van der Waals surface area contributed by atoms with Crippen LogP contribution in [-0.4, -0.2) is 76.9 Å². The van der Waals surface area contributed by atoms with Crippen molar-refractivity contribution in [2.45, 2.75) is 25.6 Å². The molecular formula is C20H33IN4O4. The van der Waals surface area contributed by atoms with Crippen molar-refractivity contribution >= 4 is 35.8 Å². The van der Waals surface area contributed by atoms with Crippen LogP contribution in [-0.2, 0) is 20.9 Å². The zero-order chi connectivity index (χ0) is 20.2. The van der Waals surface area contributed by atoms with Crippen LogP contribution in [0.2, 0.25) is 0 Å². The second kappa shape index (κ2) is 14.4. The third-order valence-corrected chi connectivity index (χ3v) is 4.36. The van der Waals surface area contributed by atoms with Gasteiger partial charge in [0.05, 0.1) is 26.4 Å². The number of methoxy groups -OCH3 is 1. The van der Waals surface area contributed by atoms with E-state index < -0.39 is 0 Å². The van der Waals surface area contributed by atoms with E-state index in [0.717, 1.165) is 30.8 Å². The molecule has 9 heteroatoms. The average Bonchev–Trinajstić information content (AvgIpc) is 3.23. The van der Waals surface area contributed by atoms with Crippen LogP contribution in [0.1, 0.15) is 18.4 Å². The summed E-state index contributed by atoms with van der Waals surface area (Å²) in [6.07, 6.45) is 2.33. The number of ether oxygens (including phenoxy) is 3. The summed E-state index contributed by atoms with van der Waals surface area (Å²) in [4.78, 5) is 17.7. The van der Waals surface area contributed by atoms with Gasteiger partial charge in [-0.15, -0.1) is 24.0 Å². The molecule has 0 aromatic heterocycles. The minimum Gasteiger partial charge on any atom is -0.497 e. The molecule has 0 spiro atoms. The molecule has 2 N–H and O–H groups in total. The lowest BCUT2D eigenvalue weighted by molar-refractivity contribution is -0.127. The third kappa shape index (κ3) is 10.1. The molecule has 0 bridgehead atoms. The average molecular weight is 520 g/mol. The molecular weight excluding hydrogens is 487 g/mol. The highest BCUT2D eigenvalue weighted by molar-refractivity contribution is 14.0. The Kier molecular flexibility index (Phi) is 12.6. The first kappa shape index (κ1) is 25.4. The minimum absolute atomic E-state index is 0. The summed E-state index contributed by atoms with van der Waals surface area (Å²) < 4.78 is 16.5. The molecule has 1 fully saturated rings. The number of hydrogen-bond acceptors (Lipinski definition) is 5. The van der Waals surface area contributed by atoms with Crippen molar-refractivity contribution in [2.24, 2.45) is 4.99 Å². The van der Waals surface area contributed by atoms with Crippen LogP contribution in [0.3, 0.4) is 0 Å². The number of hydrogen-bond donors (Lipinski definition) is 2. The summed E-state index contributed by atoms with van der Waals surface area (Å²) in [5, 5.41) is 6.46. The van der Waals surface area contributed by atoms with Gasteiger partial charge in [-0.25, -0.2) is 4.99 Å². The summed E-state index contributed by atoms with van der Waals surface area (Å²) in [5.74, 6) is 1.38. The predicted molar refractivity (Wildman–Crippen MR) is 124 cm³/mol. The lowest BCUT2D eigenvalue weighted by atomic mass is 10.2. The monoisotopic (exact) mass is 520 g/mol. The van der Waals surface area contributed by atoms with Gasteiger partial charge in [-0.05, 0) is 30.5 Å². The molecule has 2 rings (SSSR count). The van der Waals surface area contributed by atoms with Crippen LogP contribution in [0, 0.1) is 0 Å². The number of rotatable bonds is 10. The molecule has 1 aliphatic rings. The molecule has 0 aliphatic carbocycles. The summed E-state index contributed by atoms with van der Waals surface area (Å²) in [5.41, 5.74) is 1.09. The lowest BCUT2D eigenvalue weighted by Gasteiger charge is -2.16. The topological polar surface area (TPSA) is 84.4 Å². The molecule has 1 aromatic carbocycles. The molecule has 1 aliphatic heterocycles. The SMILES string of the molecule is COc1ccc(COCCNC(=NCC(=O)N(C)C)NCC2CCCO2)cc1.I. The first-order valence-corrected chi connectivity index (χ1v) is 9.63. The van der Waals surface area contributed by atoms with E-state index in [0.29, 0.717) is 32.3 Å². The summed E-state index contributed by atoms with van der Waals surface area (Å²) in [6.45, 7) is 3.22. The third-order valence-electron chi connectivity index (χ3n) is 4.36. The Labute approximate surface area is 190 Å². The molecule has 1 aromatic rings. The van der Waals surface area contributed by atoms with E-state index in [1.165, 1.54) is 4.90 Å². The zero-order valence-electron chi connectivity index (χ0n) is 17.5. The first-order chi connectivity index (χ1) is 13.6. The van der Waals surface area contributed by atoms with E-state index in [9.17, 15) is 4.79 Å². The Balaban J connectivity index is 0.00000420. The Bertz CT molecular complexity index is 619. The van der Waals surface area contributed by atoms with Gasteiger partial charge in [0.1, 0.15) is 12.3 Å². The van der Waals surface area contributed by atoms with Gasteiger partial charge in [0.15, 0.2) is 5.96 Å². The number of guanidine groups is 1. The van der Waals surface area contributed by atoms with Crippen molar-refractivity contribution in [3.63, 3.8) is 0 Å². The maximum absolute atomic E-state index is 11.8. The molecule has 1 heterocycles. The Morgan fingerprint density at radius 2 is 2.03 bits per heavy atom. The molecule has 8 nitrogen and oxygen atoms in total. The van der Waals surface area contributed by atoms with E-state index in [1.807, 2.05) is 24.3 Å². The number of nitrogens with zero attached hydrogens (tertiary/aromatic N) is 2. The predicted octanol–water partition coefficient (Wildman–Crippen LogP) is 1.63. The van der Waals surface area contributed by atoms with Crippen molar-refractivity contribution in [1.82, 2.24) is 15.5 Å². The van der Waals surface area contributed by atoms with E-state index in [1.54, 1.807) is 21.2 Å². The van der Waals surface area contributed by atoms with Gasteiger partial charge in [-0.1, -0.05) is 12.1 Å². The van der Waals surface area contributed by atoms with Gasteiger partial charge in [0, 0.05) is 33.8 Å². The highest BCUT2D eigenvalue weighted by Gasteiger charge is 2.15. The van der Waals surface area contributed by atoms with E-state index in [4.69, 9.17) is 14.2 Å². The summed E-state index contributed by atoms with van der Waals surface area (Å²) in [7, 11) is 5.09. The molecule has 1 atom stereocenters. The summed E-state index contributed by atoms with van der Waals surface area (Å²) >= 11 is 0. The van der Waals surface area contributed by atoms with Crippen molar-refractivity contribution in [2.75, 3.05) is 54.1 Å². The van der Waals surface area contributed by atoms with Crippen LogP contribution in [0.5, 0.6) is 5.75 Å². The number of nitrogens with one attached hydrogen (secondary N) is 2. The highest BCUT2D eigenvalue weighted by Crippen LogP contribution is 2.12. The minimum atomic E-state index is -0.0472. The van der Waals surface area contributed by atoms with E-state index >= 15 is 0 Å². The smallest absolute Gasteiger partial charge is 0.243 e. The van der Waals surface area contributed by atoms with E-state index in [2.05, 4.69) is 15.6 Å². The lowest BCUT2D eigenvalue weighted by Crippen LogP contribution is -2.43. The Hall–Kier alpha value is -1.59. The quantitative estimate of drug-likeness (QED) is 0.211. The number of halogens is 1. The standard InChI is InChI=1S/C20H32N4O4.HI/c1-24(2)19(25)14-23-20(22-13-18-5-4-11-28-18)21-10-12-27-15-16-6-8-17(26-3)9-7-16;/h6-9,18H,4-5,10-15H2,1-3H3,(H2,21,22,23);1H. The van der Waals surface area contributed by atoms with Crippen LogP contribution in [0.25, 0.3) is 0 Å². The van der Waals surface area contributed by atoms with Crippen molar-refractivity contribution in [3.05, 3.63) is 29.8 Å². The van der Waals surface area contributed by atoms with Crippen LogP contribution < -0.4 is 15.4 Å². The summed E-state index contributed by atoms with van der Waals surface area (Å²) in [6, 6.07) is 7.79. The molecule has 0 saturated carbocycles. The largest absolute Gasteiger partial charge is 0.497 e. The van der Waals surface area contributed by atoms with Gasteiger partial charge < -0.3 is 29.7 Å².